The van der Waals surface area contributed by atoms with E-state index in [0.717, 1.165) is 28.1 Å². The highest BCUT2D eigenvalue weighted by molar-refractivity contribution is 7.98. The predicted octanol–water partition coefficient (Wildman–Crippen LogP) is 6.29. The van der Waals surface area contributed by atoms with Crippen molar-refractivity contribution in [2.24, 2.45) is 0 Å². The minimum absolute atomic E-state index is 0.0900. The molecule has 5 rings (SSSR count). The van der Waals surface area contributed by atoms with Gasteiger partial charge in [0.15, 0.2) is 5.16 Å². The predicted molar refractivity (Wildman–Crippen MR) is 133 cm³/mol. The van der Waals surface area contributed by atoms with Crippen LogP contribution in [0.5, 0.6) is 0 Å². The second kappa shape index (κ2) is 8.52. The molecule has 32 heavy (non-hydrogen) atoms. The van der Waals surface area contributed by atoms with Gasteiger partial charge in [0.1, 0.15) is 11.0 Å². The SMILES string of the molecule is Cc1ccc(-n2c(SCc3cccc(C)c3)nc3c(-c4ccccc4)c[nH]c3c2=O)cc1. The number of thioether (sulfide) groups is 1. The third-order valence-electron chi connectivity index (χ3n) is 5.50. The lowest BCUT2D eigenvalue weighted by atomic mass is 10.1. The van der Waals surface area contributed by atoms with E-state index in [1.807, 2.05) is 67.7 Å². The Morgan fingerprint density at radius 3 is 2.44 bits per heavy atom. The van der Waals surface area contributed by atoms with E-state index in [1.54, 1.807) is 16.3 Å². The number of nitrogens with zero attached hydrogens (tertiary/aromatic N) is 2. The zero-order valence-corrected chi connectivity index (χ0v) is 18.8. The van der Waals surface area contributed by atoms with Crippen molar-refractivity contribution < 1.29 is 0 Å². The van der Waals surface area contributed by atoms with Crippen molar-refractivity contribution in [1.29, 1.82) is 0 Å². The van der Waals surface area contributed by atoms with Crippen molar-refractivity contribution in [2.45, 2.75) is 24.8 Å². The van der Waals surface area contributed by atoms with Gasteiger partial charge in [-0.15, -0.1) is 0 Å². The molecule has 0 saturated heterocycles. The van der Waals surface area contributed by atoms with E-state index in [2.05, 4.69) is 36.2 Å². The molecule has 1 N–H and O–H groups in total. The van der Waals surface area contributed by atoms with Crippen LogP contribution in [-0.2, 0) is 5.75 Å². The molecule has 0 atom stereocenters. The van der Waals surface area contributed by atoms with Gasteiger partial charge in [-0.25, -0.2) is 4.98 Å². The number of nitrogens with one attached hydrogen (secondary N) is 1. The van der Waals surface area contributed by atoms with Crippen molar-refractivity contribution in [3.05, 3.63) is 112 Å². The summed E-state index contributed by atoms with van der Waals surface area (Å²) < 4.78 is 1.72. The van der Waals surface area contributed by atoms with Crippen LogP contribution in [0.1, 0.15) is 16.7 Å². The first-order valence-corrected chi connectivity index (χ1v) is 11.5. The van der Waals surface area contributed by atoms with E-state index < -0.39 is 0 Å². The lowest BCUT2D eigenvalue weighted by Gasteiger charge is -2.13. The fourth-order valence-corrected chi connectivity index (χ4v) is 4.79. The molecule has 158 valence electrons. The molecule has 0 unspecified atom stereocenters. The molecule has 0 bridgehead atoms. The normalized spacial score (nSPS) is 11.2. The average molecular weight is 438 g/mol. The van der Waals surface area contributed by atoms with E-state index >= 15 is 0 Å². The Morgan fingerprint density at radius 2 is 1.69 bits per heavy atom. The van der Waals surface area contributed by atoms with Crippen molar-refractivity contribution >= 4 is 22.8 Å². The summed E-state index contributed by atoms with van der Waals surface area (Å²) in [6.45, 7) is 4.13. The van der Waals surface area contributed by atoms with Gasteiger partial charge in [0.05, 0.1) is 5.69 Å². The Balaban J connectivity index is 1.67. The second-order valence-electron chi connectivity index (χ2n) is 7.94. The van der Waals surface area contributed by atoms with Crippen LogP contribution in [-0.4, -0.2) is 14.5 Å². The molecule has 0 fully saturated rings. The van der Waals surface area contributed by atoms with Crippen LogP contribution >= 0.6 is 11.8 Å². The maximum absolute atomic E-state index is 13.6. The molecule has 2 heterocycles. The first kappa shape index (κ1) is 20.3. The van der Waals surface area contributed by atoms with Crippen molar-refractivity contribution in [2.75, 3.05) is 0 Å². The third-order valence-corrected chi connectivity index (χ3v) is 6.51. The molecule has 0 aliphatic heterocycles. The first-order valence-electron chi connectivity index (χ1n) is 10.5. The summed E-state index contributed by atoms with van der Waals surface area (Å²) in [5.41, 5.74) is 7.50. The Kier molecular flexibility index (Phi) is 5.41. The molecule has 0 spiro atoms. The van der Waals surface area contributed by atoms with Crippen LogP contribution in [0.2, 0.25) is 0 Å². The molecular weight excluding hydrogens is 414 g/mol. The van der Waals surface area contributed by atoms with Crippen LogP contribution in [0.4, 0.5) is 0 Å². The summed E-state index contributed by atoms with van der Waals surface area (Å²) in [6.07, 6.45) is 1.88. The molecule has 0 amide bonds. The largest absolute Gasteiger partial charge is 0.355 e. The van der Waals surface area contributed by atoms with Crippen molar-refractivity contribution in [3.63, 3.8) is 0 Å². The minimum Gasteiger partial charge on any atom is -0.355 e. The minimum atomic E-state index is -0.0900. The number of hydrogen-bond donors (Lipinski definition) is 1. The first-order chi connectivity index (χ1) is 15.6. The molecule has 2 aromatic heterocycles. The van der Waals surface area contributed by atoms with Gasteiger partial charge in [-0.1, -0.05) is 89.6 Å². The highest BCUT2D eigenvalue weighted by atomic mass is 32.2. The van der Waals surface area contributed by atoms with E-state index in [0.29, 0.717) is 16.2 Å². The molecular formula is C27H23N3OS. The summed E-state index contributed by atoms with van der Waals surface area (Å²) in [5.74, 6) is 0.733. The Hall–Kier alpha value is -3.57. The maximum Gasteiger partial charge on any atom is 0.283 e. The van der Waals surface area contributed by atoms with E-state index in [4.69, 9.17) is 4.98 Å². The zero-order valence-electron chi connectivity index (χ0n) is 18.0. The highest BCUT2D eigenvalue weighted by Gasteiger charge is 2.18. The van der Waals surface area contributed by atoms with E-state index in [1.165, 1.54) is 11.1 Å². The van der Waals surface area contributed by atoms with Gasteiger partial charge in [-0.3, -0.25) is 9.36 Å². The number of rotatable bonds is 5. The van der Waals surface area contributed by atoms with Crippen LogP contribution in [0, 0.1) is 13.8 Å². The standard InChI is InChI=1S/C27H23N3OS/c1-18-11-13-22(14-12-18)30-26(31)25-24(23(16-28-25)21-9-4-3-5-10-21)29-27(30)32-17-20-8-6-7-19(2)15-20/h3-16,28H,17H2,1-2H3. The Morgan fingerprint density at radius 1 is 0.906 bits per heavy atom. The number of aromatic amines is 1. The molecule has 5 aromatic rings. The molecule has 0 aliphatic carbocycles. The van der Waals surface area contributed by atoms with Gasteiger partial charge in [0, 0.05) is 17.5 Å². The summed E-state index contributed by atoms with van der Waals surface area (Å²) >= 11 is 1.58. The Labute approximate surface area is 191 Å². The number of H-pyrrole nitrogens is 1. The van der Waals surface area contributed by atoms with Crippen LogP contribution in [0.25, 0.3) is 27.8 Å². The molecule has 5 heteroatoms. The average Bonchev–Trinajstić information content (AvgIpc) is 3.24. The third kappa shape index (κ3) is 3.87. The quantitative estimate of drug-likeness (QED) is 0.260. The van der Waals surface area contributed by atoms with Crippen molar-refractivity contribution in [1.82, 2.24) is 14.5 Å². The van der Waals surface area contributed by atoms with E-state index in [-0.39, 0.29) is 5.56 Å². The summed E-state index contributed by atoms with van der Waals surface area (Å²) in [6, 6.07) is 26.5. The smallest absolute Gasteiger partial charge is 0.283 e. The maximum atomic E-state index is 13.6. The van der Waals surface area contributed by atoms with Crippen LogP contribution in [0.15, 0.2) is 95.0 Å². The Bertz CT molecular complexity index is 1450. The van der Waals surface area contributed by atoms with Gasteiger partial charge in [0.2, 0.25) is 0 Å². The van der Waals surface area contributed by atoms with Crippen LogP contribution < -0.4 is 5.56 Å². The molecule has 3 aromatic carbocycles. The highest BCUT2D eigenvalue weighted by Crippen LogP contribution is 2.30. The number of aromatic nitrogens is 3. The number of benzene rings is 3. The lowest BCUT2D eigenvalue weighted by Crippen LogP contribution is -2.21. The summed E-state index contributed by atoms with van der Waals surface area (Å²) in [7, 11) is 0. The van der Waals surface area contributed by atoms with Crippen LogP contribution in [0.3, 0.4) is 0 Å². The lowest BCUT2D eigenvalue weighted by molar-refractivity contribution is 0.818. The summed E-state index contributed by atoms with van der Waals surface area (Å²) in [4.78, 5) is 21.8. The van der Waals surface area contributed by atoms with Gasteiger partial charge < -0.3 is 4.98 Å². The zero-order chi connectivity index (χ0) is 22.1. The number of fused-ring (bicyclic) bond motifs is 1. The van der Waals surface area contributed by atoms with E-state index in [9.17, 15) is 4.79 Å². The molecule has 0 saturated carbocycles. The van der Waals surface area contributed by atoms with Gasteiger partial charge in [0.25, 0.3) is 5.56 Å². The number of aryl methyl sites for hydroxylation is 2. The number of hydrogen-bond acceptors (Lipinski definition) is 3. The molecule has 0 radical (unpaired) electrons. The van der Waals surface area contributed by atoms with Gasteiger partial charge in [-0.2, -0.15) is 0 Å². The van der Waals surface area contributed by atoms with Crippen molar-refractivity contribution in [3.8, 4) is 16.8 Å². The fourth-order valence-electron chi connectivity index (χ4n) is 3.85. The monoisotopic (exact) mass is 437 g/mol. The second-order valence-corrected chi connectivity index (χ2v) is 8.88. The fraction of sp³-hybridized carbons (Fsp3) is 0.111. The molecule has 4 nitrogen and oxygen atoms in total. The van der Waals surface area contributed by atoms with Gasteiger partial charge >= 0.3 is 0 Å². The van der Waals surface area contributed by atoms with Gasteiger partial charge in [-0.05, 0) is 37.1 Å². The molecule has 0 aliphatic rings. The topological polar surface area (TPSA) is 50.7 Å². The summed E-state index contributed by atoms with van der Waals surface area (Å²) in [5, 5.41) is 0.685.